The number of carbonyl (C=O) groups is 1. The number of carboxylic acids is 1. The summed E-state index contributed by atoms with van der Waals surface area (Å²) in [6.07, 6.45) is 5.32. The Hall–Kier alpha value is -3.29. The molecule has 0 spiro atoms. The minimum absolute atomic E-state index is 0.0356. The van der Waals surface area contributed by atoms with Crippen LogP contribution in [-0.4, -0.2) is 30.8 Å². The molecule has 0 aliphatic carbocycles. The van der Waals surface area contributed by atoms with Crippen LogP contribution in [0.2, 0.25) is 0 Å². The lowest BCUT2D eigenvalue weighted by atomic mass is 10.2. The van der Waals surface area contributed by atoms with Crippen molar-refractivity contribution in [1.29, 1.82) is 0 Å². The molecule has 1 N–H and O–H groups in total. The van der Waals surface area contributed by atoms with E-state index in [0.717, 1.165) is 0 Å². The van der Waals surface area contributed by atoms with Crippen LogP contribution in [0.25, 0.3) is 5.95 Å². The number of nitrogens with zero attached hydrogens (tertiary/aromatic N) is 4. The van der Waals surface area contributed by atoms with E-state index >= 15 is 0 Å². The van der Waals surface area contributed by atoms with Crippen LogP contribution in [0.4, 0.5) is 4.39 Å². The Morgan fingerprint density at radius 2 is 1.96 bits per heavy atom. The molecule has 7 nitrogen and oxygen atoms in total. The van der Waals surface area contributed by atoms with Gasteiger partial charge in [-0.15, -0.1) is 0 Å². The molecule has 0 radical (unpaired) electrons. The third-order valence-corrected chi connectivity index (χ3v) is 3.00. The molecule has 2 aromatic heterocycles. The van der Waals surface area contributed by atoms with Crippen LogP contribution < -0.4 is 4.74 Å². The van der Waals surface area contributed by atoms with Crippen LogP contribution in [0.15, 0.2) is 49.1 Å². The summed E-state index contributed by atoms with van der Waals surface area (Å²) >= 11 is 0. The second kappa shape index (κ2) is 6.22. The van der Waals surface area contributed by atoms with Crippen molar-refractivity contribution in [3.8, 4) is 11.7 Å². The van der Waals surface area contributed by atoms with E-state index in [9.17, 15) is 9.18 Å². The molecular formula is C15H11FN4O3. The maximum absolute atomic E-state index is 13.5. The van der Waals surface area contributed by atoms with Gasteiger partial charge < -0.3 is 9.84 Å². The van der Waals surface area contributed by atoms with Crippen molar-refractivity contribution in [2.45, 2.75) is 6.61 Å². The van der Waals surface area contributed by atoms with Gasteiger partial charge in [0.05, 0.1) is 24.2 Å². The number of hydrogen-bond donors (Lipinski definition) is 1. The molecule has 3 rings (SSSR count). The molecule has 0 fully saturated rings. The number of rotatable bonds is 5. The molecule has 0 saturated carbocycles. The average Bonchev–Trinajstić information content (AvgIpc) is 3.05. The van der Waals surface area contributed by atoms with Crippen LogP contribution in [0.3, 0.4) is 0 Å². The largest absolute Gasteiger partial charge is 0.486 e. The Morgan fingerprint density at radius 3 is 2.61 bits per heavy atom. The highest BCUT2D eigenvalue weighted by atomic mass is 19.1. The van der Waals surface area contributed by atoms with Crippen molar-refractivity contribution in [2.75, 3.05) is 0 Å². The monoisotopic (exact) mass is 314 g/mol. The summed E-state index contributed by atoms with van der Waals surface area (Å²) < 4.78 is 20.1. The smallest absolute Gasteiger partial charge is 0.338 e. The second-order valence-electron chi connectivity index (χ2n) is 4.58. The molecule has 1 aromatic carbocycles. The Kier molecular flexibility index (Phi) is 3.96. The van der Waals surface area contributed by atoms with Crippen LogP contribution in [0.1, 0.15) is 15.9 Å². The van der Waals surface area contributed by atoms with Crippen molar-refractivity contribution >= 4 is 5.97 Å². The number of benzene rings is 1. The molecule has 0 aliphatic heterocycles. The summed E-state index contributed by atoms with van der Waals surface area (Å²) in [6.45, 7) is 0.0559. The molecule has 0 aliphatic rings. The fraction of sp³-hybridized carbons (Fsp3) is 0.0667. The molecule has 116 valence electrons. The van der Waals surface area contributed by atoms with E-state index in [-0.39, 0.29) is 23.9 Å². The molecule has 2 heterocycles. The predicted molar refractivity (Wildman–Crippen MR) is 76.8 cm³/mol. The lowest BCUT2D eigenvalue weighted by molar-refractivity contribution is 0.0697. The number of aromatic carboxylic acids is 1. The SMILES string of the molecule is O=C(O)c1cnn(-c2ncc(OCc3ccccc3F)cn2)c1. The molecule has 0 unspecified atom stereocenters. The van der Waals surface area contributed by atoms with Crippen LogP contribution in [0, 0.1) is 5.82 Å². The normalized spacial score (nSPS) is 10.5. The van der Waals surface area contributed by atoms with E-state index in [4.69, 9.17) is 9.84 Å². The van der Waals surface area contributed by atoms with Crippen molar-refractivity contribution in [3.63, 3.8) is 0 Å². The second-order valence-corrected chi connectivity index (χ2v) is 4.58. The summed E-state index contributed by atoms with van der Waals surface area (Å²) in [5, 5.41) is 12.7. The Bertz CT molecular complexity index is 833. The Morgan fingerprint density at radius 1 is 1.22 bits per heavy atom. The number of halogens is 1. The van der Waals surface area contributed by atoms with Gasteiger partial charge in [0.15, 0.2) is 5.75 Å². The molecular weight excluding hydrogens is 303 g/mol. The fourth-order valence-corrected chi connectivity index (χ4v) is 1.82. The van der Waals surface area contributed by atoms with Gasteiger partial charge in [-0.05, 0) is 6.07 Å². The van der Waals surface area contributed by atoms with E-state index in [1.165, 1.54) is 35.5 Å². The highest BCUT2D eigenvalue weighted by molar-refractivity contribution is 5.86. The van der Waals surface area contributed by atoms with Gasteiger partial charge in [-0.25, -0.2) is 23.8 Å². The average molecular weight is 314 g/mol. The van der Waals surface area contributed by atoms with Crippen molar-refractivity contribution < 1.29 is 19.0 Å². The van der Waals surface area contributed by atoms with Crippen molar-refractivity contribution in [1.82, 2.24) is 19.7 Å². The quantitative estimate of drug-likeness (QED) is 0.775. The summed E-state index contributed by atoms with van der Waals surface area (Å²) in [5.74, 6) is -0.859. The maximum atomic E-state index is 13.5. The molecule has 23 heavy (non-hydrogen) atoms. The minimum atomic E-state index is -1.08. The first kappa shape index (κ1) is 14.6. The third kappa shape index (κ3) is 3.31. The first-order chi connectivity index (χ1) is 11.1. The van der Waals surface area contributed by atoms with E-state index in [1.54, 1.807) is 18.2 Å². The first-order valence-electron chi connectivity index (χ1n) is 6.60. The minimum Gasteiger partial charge on any atom is -0.486 e. The van der Waals surface area contributed by atoms with E-state index in [0.29, 0.717) is 11.3 Å². The zero-order chi connectivity index (χ0) is 16.2. The van der Waals surface area contributed by atoms with Crippen molar-refractivity contribution in [3.05, 3.63) is 66.0 Å². The molecule has 3 aromatic rings. The molecule has 8 heteroatoms. The molecule has 0 bridgehead atoms. The summed E-state index contributed by atoms with van der Waals surface area (Å²) in [6, 6.07) is 6.31. The zero-order valence-corrected chi connectivity index (χ0v) is 11.8. The van der Waals surface area contributed by atoms with E-state index in [1.807, 2.05) is 0 Å². The third-order valence-electron chi connectivity index (χ3n) is 3.00. The van der Waals surface area contributed by atoms with Gasteiger partial charge >= 0.3 is 5.97 Å². The van der Waals surface area contributed by atoms with Gasteiger partial charge in [0.1, 0.15) is 12.4 Å². The molecule has 0 saturated heterocycles. The number of hydrogen-bond acceptors (Lipinski definition) is 5. The van der Waals surface area contributed by atoms with Gasteiger partial charge in [0, 0.05) is 11.8 Å². The zero-order valence-electron chi connectivity index (χ0n) is 11.8. The highest BCUT2D eigenvalue weighted by Crippen LogP contribution is 2.13. The van der Waals surface area contributed by atoms with Gasteiger partial charge in [-0.2, -0.15) is 5.10 Å². The summed E-state index contributed by atoms with van der Waals surface area (Å²) in [7, 11) is 0. The van der Waals surface area contributed by atoms with E-state index in [2.05, 4.69) is 15.1 Å². The molecule has 0 amide bonds. The maximum Gasteiger partial charge on any atom is 0.338 e. The van der Waals surface area contributed by atoms with Gasteiger partial charge in [0.25, 0.3) is 5.95 Å². The van der Waals surface area contributed by atoms with Gasteiger partial charge in [0.2, 0.25) is 0 Å². The topological polar surface area (TPSA) is 90.1 Å². The molecule has 0 atom stereocenters. The Labute approximate surface area is 130 Å². The van der Waals surface area contributed by atoms with Crippen LogP contribution in [0.5, 0.6) is 5.75 Å². The summed E-state index contributed by atoms with van der Waals surface area (Å²) in [5.41, 5.74) is 0.461. The highest BCUT2D eigenvalue weighted by Gasteiger charge is 2.09. The summed E-state index contributed by atoms with van der Waals surface area (Å²) in [4.78, 5) is 18.9. The number of carboxylic acid groups (broad SMARTS) is 1. The van der Waals surface area contributed by atoms with Crippen LogP contribution in [-0.2, 0) is 6.61 Å². The number of aromatic nitrogens is 4. The lowest BCUT2D eigenvalue weighted by Crippen LogP contribution is -2.03. The van der Waals surface area contributed by atoms with E-state index < -0.39 is 5.97 Å². The standard InChI is InChI=1S/C15H11FN4O3/c16-13-4-2-1-3-10(13)9-23-12-6-17-15(18-7-12)20-8-11(5-19-20)14(21)22/h1-8H,9H2,(H,21,22). The van der Waals surface area contributed by atoms with Gasteiger partial charge in [-0.3, -0.25) is 0 Å². The fourth-order valence-electron chi connectivity index (χ4n) is 1.82. The first-order valence-corrected chi connectivity index (χ1v) is 6.60. The van der Waals surface area contributed by atoms with Gasteiger partial charge in [-0.1, -0.05) is 18.2 Å². The Balaban J connectivity index is 1.69. The lowest BCUT2D eigenvalue weighted by Gasteiger charge is -2.06. The predicted octanol–water partition coefficient (Wildman–Crippen LogP) is 2.08. The van der Waals surface area contributed by atoms with Crippen molar-refractivity contribution in [2.24, 2.45) is 0 Å². The number of ether oxygens (including phenoxy) is 1. The van der Waals surface area contributed by atoms with Crippen LogP contribution >= 0.6 is 0 Å².